The van der Waals surface area contributed by atoms with Gasteiger partial charge in [0.2, 0.25) is 15.9 Å². The average Bonchev–Trinajstić information content (AvgIpc) is 2.66. The van der Waals surface area contributed by atoms with Crippen LogP contribution in [0.2, 0.25) is 10.0 Å². The van der Waals surface area contributed by atoms with E-state index in [4.69, 9.17) is 23.2 Å². The molecule has 28 heavy (non-hydrogen) atoms. The third-order valence-electron chi connectivity index (χ3n) is 4.45. The van der Waals surface area contributed by atoms with E-state index in [1.54, 1.807) is 0 Å². The van der Waals surface area contributed by atoms with Crippen molar-refractivity contribution < 1.29 is 22.0 Å². The molecule has 1 unspecified atom stereocenters. The number of piperidine rings is 1. The highest BCUT2D eigenvalue weighted by molar-refractivity contribution is 7.89. The van der Waals surface area contributed by atoms with E-state index >= 15 is 0 Å². The Morgan fingerprint density at radius 3 is 2.64 bits per heavy atom. The molecule has 0 bridgehead atoms. The van der Waals surface area contributed by atoms with Gasteiger partial charge < -0.3 is 5.32 Å². The van der Waals surface area contributed by atoms with Crippen molar-refractivity contribution in [2.75, 3.05) is 18.4 Å². The summed E-state index contributed by atoms with van der Waals surface area (Å²) in [7, 11) is -3.97. The van der Waals surface area contributed by atoms with Crippen LogP contribution in [0.1, 0.15) is 12.8 Å². The molecule has 1 atom stereocenters. The highest BCUT2D eigenvalue weighted by Gasteiger charge is 2.34. The van der Waals surface area contributed by atoms with Gasteiger partial charge in [0.25, 0.3) is 0 Å². The number of anilines is 1. The molecule has 3 rings (SSSR count). The molecule has 150 valence electrons. The number of benzene rings is 2. The summed E-state index contributed by atoms with van der Waals surface area (Å²) in [6, 6.07) is 6.83. The largest absolute Gasteiger partial charge is 0.323 e. The molecule has 0 radical (unpaired) electrons. The molecule has 1 amide bonds. The van der Waals surface area contributed by atoms with Gasteiger partial charge in [0, 0.05) is 24.2 Å². The zero-order valence-electron chi connectivity index (χ0n) is 14.5. The SMILES string of the molecule is O=C(Nc1cc(F)ccc1F)C1CCCN(S(=O)(=O)c2cc(Cl)ccc2Cl)C1. The van der Waals surface area contributed by atoms with Gasteiger partial charge in [-0.3, -0.25) is 4.79 Å². The second-order valence-electron chi connectivity index (χ2n) is 6.39. The summed E-state index contributed by atoms with van der Waals surface area (Å²) in [4.78, 5) is 12.4. The minimum absolute atomic E-state index is 0.0257. The third kappa shape index (κ3) is 4.46. The van der Waals surface area contributed by atoms with E-state index in [9.17, 15) is 22.0 Å². The van der Waals surface area contributed by atoms with Crippen LogP contribution in [0.4, 0.5) is 14.5 Å². The summed E-state index contributed by atoms with van der Waals surface area (Å²) in [5, 5.41) is 2.57. The van der Waals surface area contributed by atoms with Crippen LogP contribution in [-0.4, -0.2) is 31.7 Å². The highest BCUT2D eigenvalue weighted by atomic mass is 35.5. The predicted molar refractivity (Wildman–Crippen MR) is 103 cm³/mol. The van der Waals surface area contributed by atoms with Crippen LogP contribution in [0.25, 0.3) is 0 Å². The first-order valence-corrected chi connectivity index (χ1v) is 10.6. The number of carbonyl (C=O) groups excluding carboxylic acids is 1. The minimum Gasteiger partial charge on any atom is -0.323 e. The lowest BCUT2D eigenvalue weighted by Crippen LogP contribution is -2.43. The Morgan fingerprint density at radius 2 is 1.89 bits per heavy atom. The maximum absolute atomic E-state index is 13.8. The molecular weight excluding hydrogens is 433 g/mol. The molecule has 1 N–H and O–H groups in total. The van der Waals surface area contributed by atoms with E-state index in [1.807, 2.05) is 0 Å². The van der Waals surface area contributed by atoms with Gasteiger partial charge in [0.1, 0.15) is 16.5 Å². The summed E-state index contributed by atoms with van der Waals surface area (Å²) in [6.45, 7) is 0.108. The fourth-order valence-corrected chi connectivity index (χ4v) is 5.28. The highest BCUT2D eigenvalue weighted by Crippen LogP contribution is 2.31. The lowest BCUT2D eigenvalue weighted by Gasteiger charge is -2.31. The quantitative estimate of drug-likeness (QED) is 0.757. The lowest BCUT2D eigenvalue weighted by atomic mass is 9.98. The molecule has 0 aromatic heterocycles. The molecule has 5 nitrogen and oxygen atoms in total. The molecule has 1 heterocycles. The maximum Gasteiger partial charge on any atom is 0.244 e. The normalized spacial score (nSPS) is 18.1. The Kier molecular flexibility index (Phi) is 6.24. The second-order valence-corrected chi connectivity index (χ2v) is 9.14. The Labute approximate surface area is 171 Å². The first kappa shape index (κ1) is 21.0. The minimum atomic E-state index is -3.97. The molecule has 1 aliphatic heterocycles. The van der Waals surface area contributed by atoms with Gasteiger partial charge in [-0.25, -0.2) is 17.2 Å². The number of rotatable bonds is 4. The van der Waals surface area contributed by atoms with Crippen LogP contribution in [0.15, 0.2) is 41.3 Å². The van der Waals surface area contributed by atoms with Crippen molar-refractivity contribution in [3.05, 3.63) is 58.1 Å². The van der Waals surface area contributed by atoms with E-state index in [0.29, 0.717) is 12.8 Å². The molecule has 2 aromatic carbocycles. The van der Waals surface area contributed by atoms with Crippen molar-refractivity contribution in [2.45, 2.75) is 17.7 Å². The summed E-state index contributed by atoms with van der Waals surface area (Å²) in [5.41, 5.74) is -0.289. The number of hydrogen-bond donors (Lipinski definition) is 1. The van der Waals surface area contributed by atoms with Crippen LogP contribution >= 0.6 is 23.2 Å². The molecule has 2 aromatic rings. The van der Waals surface area contributed by atoms with Crippen molar-refractivity contribution in [3.8, 4) is 0 Å². The van der Waals surface area contributed by atoms with E-state index in [1.165, 1.54) is 18.2 Å². The average molecular weight is 449 g/mol. The molecule has 10 heteroatoms. The number of carbonyl (C=O) groups is 1. The monoisotopic (exact) mass is 448 g/mol. The van der Waals surface area contributed by atoms with Gasteiger partial charge in [-0.2, -0.15) is 4.31 Å². The van der Waals surface area contributed by atoms with Crippen molar-refractivity contribution >= 4 is 44.8 Å². The maximum atomic E-state index is 13.8. The van der Waals surface area contributed by atoms with E-state index in [0.717, 1.165) is 22.5 Å². The predicted octanol–water partition coefficient (Wildman–Crippen LogP) is 4.31. The fourth-order valence-electron chi connectivity index (χ4n) is 3.02. The number of sulfonamides is 1. The number of halogens is 4. The Balaban J connectivity index is 1.79. The van der Waals surface area contributed by atoms with Gasteiger partial charge >= 0.3 is 0 Å². The lowest BCUT2D eigenvalue weighted by molar-refractivity contribution is -0.120. The molecule has 1 fully saturated rings. The van der Waals surface area contributed by atoms with E-state index < -0.39 is 33.5 Å². The van der Waals surface area contributed by atoms with Crippen molar-refractivity contribution in [3.63, 3.8) is 0 Å². The van der Waals surface area contributed by atoms with E-state index in [2.05, 4.69) is 5.32 Å². The Morgan fingerprint density at radius 1 is 1.14 bits per heavy atom. The summed E-state index contributed by atoms with van der Waals surface area (Å²) in [5.74, 6) is -2.77. The topological polar surface area (TPSA) is 66.5 Å². The van der Waals surface area contributed by atoms with Gasteiger partial charge in [-0.1, -0.05) is 23.2 Å². The fraction of sp³-hybridized carbons (Fsp3) is 0.278. The second kappa shape index (κ2) is 8.32. The van der Waals surface area contributed by atoms with Gasteiger partial charge in [-0.15, -0.1) is 0 Å². The van der Waals surface area contributed by atoms with Crippen LogP contribution in [0.5, 0.6) is 0 Å². The van der Waals surface area contributed by atoms with E-state index in [-0.39, 0.29) is 33.7 Å². The van der Waals surface area contributed by atoms with Crippen molar-refractivity contribution in [1.29, 1.82) is 0 Å². The first-order valence-electron chi connectivity index (χ1n) is 8.39. The van der Waals surface area contributed by atoms with Crippen LogP contribution in [0, 0.1) is 17.6 Å². The smallest absolute Gasteiger partial charge is 0.244 e. The molecule has 1 saturated heterocycles. The molecule has 0 saturated carbocycles. The summed E-state index contributed by atoms with van der Waals surface area (Å²) >= 11 is 11.9. The van der Waals surface area contributed by atoms with Crippen molar-refractivity contribution in [1.82, 2.24) is 4.31 Å². The zero-order chi connectivity index (χ0) is 20.5. The number of nitrogens with zero attached hydrogens (tertiary/aromatic N) is 1. The summed E-state index contributed by atoms with van der Waals surface area (Å²) < 4.78 is 54.0. The Bertz CT molecular complexity index is 1020. The number of hydrogen-bond acceptors (Lipinski definition) is 3. The molecule has 0 spiro atoms. The third-order valence-corrected chi connectivity index (χ3v) is 7.03. The van der Waals surface area contributed by atoms with Crippen LogP contribution < -0.4 is 5.32 Å². The number of amides is 1. The molecule has 1 aliphatic rings. The Hall–Kier alpha value is -1.74. The van der Waals surface area contributed by atoms with Crippen molar-refractivity contribution in [2.24, 2.45) is 5.92 Å². The number of nitrogens with one attached hydrogen (secondary N) is 1. The van der Waals surface area contributed by atoms with Crippen LogP contribution in [-0.2, 0) is 14.8 Å². The van der Waals surface area contributed by atoms with Gasteiger partial charge in [-0.05, 0) is 43.2 Å². The van der Waals surface area contributed by atoms with Crippen LogP contribution in [0.3, 0.4) is 0 Å². The zero-order valence-corrected chi connectivity index (χ0v) is 16.8. The van der Waals surface area contributed by atoms with Gasteiger partial charge in [0.15, 0.2) is 0 Å². The standard InChI is InChI=1S/C18H16Cl2F2N2O3S/c19-12-3-5-14(20)17(8-12)28(26,27)24-7-1-2-11(10-24)18(25)23-16-9-13(21)4-6-15(16)22/h3-6,8-9,11H,1-2,7,10H2,(H,23,25). The molecular formula is C18H16Cl2F2N2O3S. The molecule has 0 aliphatic carbocycles. The van der Waals surface area contributed by atoms with Gasteiger partial charge in [0.05, 0.1) is 16.6 Å². The first-order chi connectivity index (χ1) is 13.2. The summed E-state index contributed by atoms with van der Waals surface area (Å²) in [6.07, 6.45) is 0.846.